The molecular formula is C21H17FN4OS. The third-order valence-electron chi connectivity index (χ3n) is 4.11. The van der Waals surface area contributed by atoms with E-state index in [4.69, 9.17) is 4.52 Å². The highest BCUT2D eigenvalue weighted by molar-refractivity contribution is 7.98. The average Bonchev–Trinajstić information content (AvgIpc) is 3.35. The summed E-state index contributed by atoms with van der Waals surface area (Å²) in [5.74, 6) is 1.42. The number of hydrogen-bond acceptors (Lipinski definition) is 5. The van der Waals surface area contributed by atoms with Gasteiger partial charge in [0.05, 0.1) is 11.3 Å². The number of benzene rings is 2. The first-order valence-electron chi connectivity index (χ1n) is 8.69. The van der Waals surface area contributed by atoms with Crippen molar-refractivity contribution in [3.05, 3.63) is 84.8 Å². The number of halogens is 1. The van der Waals surface area contributed by atoms with Crippen LogP contribution >= 0.6 is 11.8 Å². The lowest BCUT2D eigenvalue weighted by atomic mass is 10.2. The zero-order chi connectivity index (χ0) is 19.3. The summed E-state index contributed by atoms with van der Waals surface area (Å²) >= 11 is 1.47. The normalized spacial score (nSPS) is 10.9. The lowest BCUT2D eigenvalue weighted by molar-refractivity contribution is 0.426. The zero-order valence-electron chi connectivity index (χ0n) is 15.0. The fourth-order valence-corrected chi connectivity index (χ4v) is 3.62. The quantitative estimate of drug-likeness (QED) is 0.319. The van der Waals surface area contributed by atoms with Gasteiger partial charge in [0, 0.05) is 23.9 Å². The van der Waals surface area contributed by atoms with Gasteiger partial charge in [0.25, 0.3) is 0 Å². The van der Waals surface area contributed by atoms with E-state index in [2.05, 4.69) is 21.9 Å². The molecular weight excluding hydrogens is 375 g/mol. The number of nitrogens with zero attached hydrogens (tertiary/aromatic N) is 4. The van der Waals surface area contributed by atoms with Gasteiger partial charge in [-0.2, -0.15) is 0 Å². The smallest absolute Gasteiger partial charge is 0.192 e. The van der Waals surface area contributed by atoms with E-state index >= 15 is 0 Å². The maximum atomic E-state index is 14.2. The number of hydrogen-bond donors (Lipinski definition) is 0. The number of aromatic nitrogens is 4. The van der Waals surface area contributed by atoms with E-state index in [1.54, 1.807) is 24.3 Å². The predicted octanol–water partition coefficient (Wildman–Crippen LogP) is 5.22. The molecule has 0 N–H and O–H groups in total. The first-order valence-corrected chi connectivity index (χ1v) is 9.67. The highest BCUT2D eigenvalue weighted by atomic mass is 32.2. The minimum absolute atomic E-state index is 0.333. The van der Waals surface area contributed by atoms with Crippen LogP contribution in [0, 0.1) is 5.82 Å². The van der Waals surface area contributed by atoms with Crippen LogP contribution in [0.4, 0.5) is 4.39 Å². The first-order chi connectivity index (χ1) is 13.8. The summed E-state index contributed by atoms with van der Waals surface area (Å²) in [5, 5.41) is 13.2. The molecule has 0 amide bonds. The fraction of sp³-hybridized carbons (Fsp3) is 0.0952. The largest absolute Gasteiger partial charge is 0.356 e. The highest BCUT2D eigenvalue weighted by Crippen LogP contribution is 2.29. The molecule has 0 aliphatic carbocycles. The van der Waals surface area contributed by atoms with E-state index in [1.807, 2.05) is 41.0 Å². The van der Waals surface area contributed by atoms with E-state index in [0.29, 0.717) is 28.8 Å². The van der Waals surface area contributed by atoms with Crippen LogP contribution in [0.3, 0.4) is 0 Å². The topological polar surface area (TPSA) is 56.7 Å². The van der Waals surface area contributed by atoms with E-state index in [1.165, 1.54) is 17.8 Å². The molecule has 0 aliphatic heterocycles. The van der Waals surface area contributed by atoms with E-state index in [-0.39, 0.29) is 5.82 Å². The first kappa shape index (κ1) is 18.2. The summed E-state index contributed by atoms with van der Waals surface area (Å²) in [7, 11) is 0. The van der Waals surface area contributed by atoms with Crippen molar-refractivity contribution >= 4 is 11.8 Å². The van der Waals surface area contributed by atoms with Crippen LogP contribution in [-0.4, -0.2) is 19.9 Å². The Balaban J connectivity index is 1.55. The lowest BCUT2D eigenvalue weighted by Gasteiger charge is -2.07. The summed E-state index contributed by atoms with van der Waals surface area (Å²) in [6, 6.07) is 18.2. The molecule has 140 valence electrons. The van der Waals surface area contributed by atoms with E-state index in [9.17, 15) is 4.39 Å². The summed E-state index contributed by atoms with van der Waals surface area (Å²) in [5.41, 5.74) is 2.18. The van der Waals surface area contributed by atoms with Gasteiger partial charge in [-0.3, -0.25) is 4.57 Å². The van der Waals surface area contributed by atoms with Gasteiger partial charge in [-0.15, -0.1) is 16.8 Å². The Morgan fingerprint density at radius 2 is 1.86 bits per heavy atom. The molecule has 2 heterocycles. The summed E-state index contributed by atoms with van der Waals surface area (Å²) < 4.78 is 21.5. The van der Waals surface area contributed by atoms with Crippen molar-refractivity contribution in [2.24, 2.45) is 0 Å². The Kier molecular flexibility index (Phi) is 5.34. The van der Waals surface area contributed by atoms with E-state index < -0.39 is 0 Å². The third-order valence-corrected chi connectivity index (χ3v) is 5.11. The molecule has 0 atom stereocenters. The second-order valence-electron chi connectivity index (χ2n) is 6.02. The Labute approximate surface area is 165 Å². The molecule has 2 aromatic heterocycles. The van der Waals surface area contributed by atoms with Crippen LogP contribution in [0.25, 0.3) is 22.7 Å². The summed E-state index contributed by atoms with van der Waals surface area (Å²) in [6.45, 7) is 4.26. The van der Waals surface area contributed by atoms with Crippen molar-refractivity contribution in [2.45, 2.75) is 17.5 Å². The molecule has 0 fully saturated rings. The van der Waals surface area contributed by atoms with Gasteiger partial charge >= 0.3 is 0 Å². The van der Waals surface area contributed by atoms with Crippen molar-refractivity contribution in [3.8, 4) is 22.7 Å². The molecule has 0 spiro atoms. The Morgan fingerprint density at radius 3 is 2.64 bits per heavy atom. The average molecular weight is 392 g/mol. The van der Waals surface area contributed by atoms with Gasteiger partial charge < -0.3 is 4.52 Å². The molecule has 5 nitrogen and oxygen atoms in total. The minimum Gasteiger partial charge on any atom is -0.356 e. The maximum absolute atomic E-state index is 14.2. The molecule has 0 saturated carbocycles. The van der Waals surface area contributed by atoms with E-state index in [0.717, 1.165) is 17.0 Å². The van der Waals surface area contributed by atoms with Crippen LogP contribution in [0.15, 0.2) is 83.0 Å². The summed E-state index contributed by atoms with van der Waals surface area (Å²) in [4.78, 5) is 0. The second kappa shape index (κ2) is 8.22. The van der Waals surface area contributed by atoms with Gasteiger partial charge in [-0.1, -0.05) is 65.5 Å². The number of rotatable bonds is 7. The van der Waals surface area contributed by atoms with Gasteiger partial charge in [0.1, 0.15) is 5.82 Å². The maximum Gasteiger partial charge on any atom is 0.192 e. The van der Waals surface area contributed by atoms with Crippen molar-refractivity contribution in [1.29, 1.82) is 0 Å². The van der Waals surface area contributed by atoms with Crippen LogP contribution in [0.2, 0.25) is 0 Å². The standard InChI is InChI=1S/C21H17FN4OS/c1-2-12-26-20(17-10-6-7-11-18(17)22)23-24-21(26)28-14-16-13-19(27-25-16)15-8-4-3-5-9-15/h2-11,13H,1,12,14H2. The molecule has 28 heavy (non-hydrogen) atoms. The summed E-state index contributed by atoms with van der Waals surface area (Å²) in [6.07, 6.45) is 1.74. The predicted molar refractivity (Wildman–Crippen MR) is 107 cm³/mol. The third kappa shape index (κ3) is 3.75. The number of allylic oxidation sites excluding steroid dienone is 1. The highest BCUT2D eigenvalue weighted by Gasteiger charge is 2.17. The van der Waals surface area contributed by atoms with Gasteiger partial charge in [-0.05, 0) is 12.1 Å². The molecule has 7 heteroatoms. The van der Waals surface area contributed by atoms with Crippen molar-refractivity contribution in [1.82, 2.24) is 19.9 Å². The van der Waals surface area contributed by atoms with Gasteiger partial charge in [0.2, 0.25) is 0 Å². The van der Waals surface area contributed by atoms with Crippen LogP contribution in [-0.2, 0) is 12.3 Å². The molecule has 2 aromatic carbocycles. The molecule has 0 radical (unpaired) electrons. The Hall–Kier alpha value is -3.19. The van der Waals surface area contributed by atoms with Crippen molar-refractivity contribution in [3.63, 3.8) is 0 Å². The molecule has 4 rings (SSSR count). The van der Waals surface area contributed by atoms with Crippen molar-refractivity contribution < 1.29 is 8.91 Å². The van der Waals surface area contributed by atoms with Crippen LogP contribution < -0.4 is 0 Å². The fourth-order valence-electron chi connectivity index (χ4n) is 2.79. The SMILES string of the molecule is C=CCn1c(SCc2cc(-c3ccccc3)on2)nnc1-c1ccccc1F. The Morgan fingerprint density at radius 1 is 1.07 bits per heavy atom. The Bertz CT molecular complexity index is 1090. The monoisotopic (exact) mass is 392 g/mol. The molecule has 0 bridgehead atoms. The second-order valence-corrected chi connectivity index (χ2v) is 6.97. The minimum atomic E-state index is -0.333. The molecule has 4 aromatic rings. The molecule has 0 aliphatic rings. The zero-order valence-corrected chi connectivity index (χ0v) is 15.8. The lowest BCUT2D eigenvalue weighted by Crippen LogP contribution is -2.01. The molecule has 0 unspecified atom stereocenters. The number of thioether (sulfide) groups is 1. The van der Waals surface area contributed by atoms with Gasteiger partial charge in [-0.25, -0.2) is 4.39 Å². The van der Waals surface area contributed by atoms with Crippen molar-refractivity contribution in [2.75, 3.05) is 0 Å². The van der Waals surface area contributed by atoms with Crippen LogP contribution in [0.5, 0.6) is 0 Å². The van der Waals surface area contributed by atoms with Gasteiger partial charge in [0.15, 0.2) is 16.7 Å². The van der Waals surface area contributed by atoms with Crippen LogP contribution in [0.1, 0.15) is 5.69 Å². The molecule has 0 saturated heterocycles.